The van der Waals surface area contributed by atoms with Crippen LogP contribution in [-0.2, 0) is 4.74 Å². The molecular weight excluding hydrogens is 492 g/mol. The minimum atomic E-state index is -0.805. The zero-order valence-electron chi connectivity index (χ0n) is 20.3. The van der Waals surface area contributed by atoms with Gasteiger partial charge in [0.2, 0.25) is 5.95 Å². The Labute approximate surface area is 216 Å². The molecule has 1 saturated heterocycles. The quantitative estimate of drug-likeness (QED) is 0.211. The first-order chi connectivity index (χ1) is 18.6. The third-order valence-electron chi connectivity index (χ3n) is 5.93. The van der Waals surface area contributed by atoms with Gasteiger partial charge in [0.15, 0.2) is 0 Å². The van der Waals surface area contributed by atoms with Crippen molar-refractivity contribution in [3.05, 3.63) is 66.1 Å². The number of nitrogens with zero attached hydrogens (tertiary/aromatic N) is 5. The number of anilines is 4. The number of carbonyl (C=O) groups excluding carboxylic acids is 2. The molecule has 2 amide bonds. The number of hydrogen-bond donors (Lipinski definition) is 4. The first-order valence-corrected chi connectivity index (χ1v) is 11.7. The van der Waals surface area contributed by atoms with Gasteiger partial charge in [-0.1, -0.05) is 12.1 Å². The maximum Gasteiger partial charge on any atom is 0.275 e. The Morgan fingerprint density at radius 3 is 2.53 bits per heavy atom. The molecule has 0 aliphatic carbocycles. The van der Waals surface area contributed by atoms with Crippen molar-refractivity contribution in [3.63, 3.8) is 0 Å². The van der Waals surface area contributed by atoms with Gasteiger partial charge in [0.05, 0.1) is 42.7 Å². The first kappa shape index (κ1) is 24.8. The topological polar surface area (TPSA) is 164 Å². The van der Waals surface area contributed by atoms with Gasteiger partial charge in [-0.3, -0.25) is 14.8 Å². The van der Waals surface area contributed by atoms with Gasteiger partial charge in [-0.05, 0) is 24.3 Å². The average Bonchev–Trinajstić information content (AvgIpc) is 2.97. The molecule has 13 heteroatoms. The second-order valence-electron chi connectivity index (χ2n) is 8.20. The summed E-state index contributed by atoms with van der Waals surface area (Å²) in [7, 11) is 1.47. The highest BCUT2D eigenvalue weighted by Crippen LogP contribution is 2.33. The fourth-order valence-corrected chi connectivity index (χ4v) is 4.06. The van der Waals surface area contributed by atoms with E-state index < -0.39 is 11.8 Å². The second kappa shape index (κ2) is 11.0. The SMILES string of the molecule is COc1cc2ncnc(Nc3nccc(N4CCOCC4)n3)c2cc1NC(=O)c1ccccc1C(=O)NO. The van der Waals surface area contributed by atoms with Crippen molar-refractivity contribution in [2.75, 3.05) is 48.9 Å². The van der Waals surface area contributed by atoms with E-state index in [2.05, 4.69) is 35.5 Å². The van der Waals surface area contributed by atoms with Gasteiger partial charge >= 0.3 is 0 Å². The Morgan fingerprint density at radius 1 is 1.03 bits per heavy atom. The molecule has 3 heterocycles. The Bertz CT molecular complexity index is 1490. The normalized spacial score (nSPS) is 13.2. The van der Waals surface area contributed by atoms with Gasteiger partial charge < -0.3 is 25.0 Å². The summed E-state index contributed by atoms with van der Waals surface area (Å²) in [5.74, 6) is 0.511. The summed E-state index contributed by atoms with van der Waals surface area (Å²) in [5.41, 5.74) is 2.51. The lowest BCUT2D eigenvalue weighted by atomic mass is 10.1. The van der Waals surface area contributed by atoms with E-state index in [0.29, 0.717) is 47.3 Å². The lowest BCUT2D eigenvalue weighted by Crippen LogP contribution is -2.36. The smallest absolute Gasteiger partial charge is 0.275 e. The lowest BCUT2D eigenvalue weighted by Gasteiger charge is -2.27. The minimum absolute atomic E-state index is 0.00948. The number of nitrogens with one attached hydrogen (secondary N) is 3. The number of methoxy groups -OCH3 is 1. The van der Waals surface area contributed by atoms with E-state index >= 15 is 0 Å². The highest BCUT2D eigenvalue weighted by atomic mass is 16.5. The molecule has 4 aromatic rings. The van der Waals surface area contributed by atoms with Crippen molar-refractivity contribution >= 4 is 46.0 Å². The van der Waals surface area contributed by atoms with Crippen LogP contribution in [0.15, 0.2) is 55.0 Å². The third kappa shape index (κ3) is 5.14. The number of rotatable bonds is 7. The van der Waals surface area contributed by atoms with Gasteiger partial charge in [-0.25, -0.2) is 20.4 Å². The third-order valence-corrected chi connectivity index (χ3v) is 5.93. The Kier molecular flexibility index (Phi) is 7.19. The van der Waals surface area contributed by atoms with Crippen LogP contribution in [-0.4, -0.2) is 70.4 Å². The van der Waals surface area contributed by atoms with Gasteiger partial charge in [-0.15, -0.1) is 0 Å². The van der Waals surface area contributed by atoms with Crippen molar-refractivity contribution in [1.82, 2.24) is 25.4 Å². The van der Waals surface area contributed by atoms with Gasteiger partial charge in [-0.2, -0.15) is 4.98 Å². The molecule has 1 aliphatic heterocycles. The Morgan fingerprint density at radius 2 is 1.79 bits per heavy atom. The summed E-state index contributed by atoms with van der Waals surface area (Å²) in [6.07, 6.45) is 3.07. The van der Waals surface area contributed by atoms with Crippen molar-refractivity contribution in [2.24, 2.45) is 0 Å². The van der Waals surface area contributed by atoms with E-state index in [1.165, 1.54) is 25.6 Å². The van der Waals surface area contributed by atoms with E-state index in [-0.39, 0.29) is 11.1 Å². The van der Waals surface area contributed by atoms with Crippen molar-refractivity contribution in [1.29, 1.82) is 0 Å². The van der Waals surface area contributed by atoms with Crippen LogP contribution in [0.1, 0.15) is 20.7 Å². The fourth-order valence-electron chi connectivity index (χ4n) is 4.06. The molecule has 0 bridgehead atoms. The van der Waals surface area contributed by atoms with Crippen LogP contribution < -0.4 is 25.8 Å². The van der Waals surface area contributed by atoms with Gasteiger partial charge in [0.25, 0.3) is 11.8 Å². The number of hydrogen-bond acceptors (Lipinski definition) is 11. The molecule has 0 unspecified atom stereocenters. The Balaban J connectivity index is 1.47. The molecule has 2 aromatic heterocycles. The summed E-state index contributed by atoms with van der Waals surface area (Å²) in [5, 5.41) is 15.5. The van der Waals surface area contributed by atoms with Crippen LogP contribution in [0.25, 0.3) is 10.9 Å². The number of ether oxygens (including phenoxy) is 2. The summed E-state index contributed by atoms with van der Waals surface area (Å²) in [6, 6.07) is 11.3. The van der Waals surface area contributed by atoms with Crippen LogP contribution in [0.2, 0.25) is 0 Å². The summed E-state index contributed by atoms with van der Waals surface area (Å²) in [4.78, 5) is 44.9. The number of morpholine rings is 1. The van der Waals surface area contributed by atoms with Crippen LogP contribution in [0.3, 0.4) is 0 Å². The lowest BCUT2D eigenvalue weighted by molar-refractivity contribution is 0.0703. The van der Waals surface area contributed by atoms with E-state index in [1.54, 1.807) is 35.9 Å². The minimum Gasteiger partial charge on any atom is -0.494 e. The first-order valence-electron chi connectivity index (χ1n) is 11.7. The number of amides is 2. The maximum atomic E-state index is 13.1. The molecule has 13 nitrogen and oxygen atoms in total. The van der Waals surface area contributed by atoms with Crippen LogP contribution in [0, 0.1) is 0 Å². The van der Waals surface area contributed by atoms with E-state index in [9.17, 15) is 9.59 Å². The van der Waals surface area contributed by atoms with Crippen LogP contribution in [0.5, 0.6) is 5.75 Å². The molecule has 1 aliphatic rings. The number of fused-ring (bicyclic) bond motifs is 1. The molecule has 0 atom stereocenters. The zero-order valence-corrected chi connectivity index (χ0v) is 20.3. The summed E-state index contributed by atoms with van der Waals surface area (Å²) < 4.78 is 10.9. The standard InChI is InChI=1S/C25H24N8O5/c1-37-20-13-18-17(12-19(20)29-23(34)15-4-2-3-5-16(15)24(35)32-36)22(28-14-27-18)31-25-26-7-6-21(30-25)33-8-10-38-11-9-33/h2-7,12-14,36H,8-11H2,1H3,(H,29,34)(H,32,35)(H,26,27,28,30,31). The molecule has 4 N–H and O–H groups in total. The van der Waals surface area contributed by atoms with Crippen LogP contribution >= 0.6 is 0 Å². The highest BCUT2D eigenvalue weighted by molar-refractivity contribution is 6.13. The molecule has 0 radical (unpaired) electrons. The van der Waals surface area contributed by atoms with E-state index in [1.807, 2.05) is 6.07 Å². The van der Waals surface area contributed by atoms with Crippen molar-refractivity contribution in [3.8, 4) is 5.75 Å². The maximum absolute atomic E-state index is 13.1. The molecule has 5 rings (SSSR count). The molecule has 0 spiro atoms. The molecule has 1 fully saturated rings. The molecule has 0 saturated carbocycles. The zero-order chi connectivity index (χ0) is 26.5. The molecule has 194 valence electrons. The van der Waals surface area contributed by atoms with E-state index in [0.717, 1.165) is 18.9 Å². The van der Waals surface area contributed by atoms with Gasteiger partial charge in [0, 0.05) is 30.7 Å². The second-order valence-corrected chi connectivity index (χ2v) is 8.20. The number of aromatic nitrogens is 4. The largest absolute Gasteiger partial charge is 0.494 e. The predicted molar refractivity (Wildman–Crippen MR) is 138 cm³/mol. The number of carbonyl (C=O) groups is 2. The Hall–Kier alpha value is -4.88. The summed E-state index contributed by atoms with van der Waals surface area (Å²) >= 11 is 0. The molecular formula is C25H24N8O5. The van der Waals surface area contributed by atoms with E-state index in [4.69, 9.17) is 14.7 Å². The summed E-state index contributed by atoms with van der Waals surface area (Å²) in [6.45, 7) is 2.74. The molecule has 38 heavy (non-hydrogen) atoms. The fraction of sp³-hybridized carbons (Fsp3) is 0.200. The number of hydroxylamine groups is 1. The predicted octanol–water partition coefficient (Wildman–Crippen LogP) is 2.38. The molecule has 2 aromatic carbocycles. The van der Waals surface area contributed by atoms with Crippen LogP contribution in [0.4, 0.5) is 23.3 Å². The van der Waals surface area contributed by atoms with Gasteiger partial charge in [0.1, 0.15) is 23.7 Å². The highest BCUT2D eigenvalue weighted by Gasteiger charge is 2.19. The van der Waals surface area contributed by atoms with Crippen molar-refractivity contribution in [2.45, 2.75) is 0 Å². The number of benzene rings is 2. The van der Waals surface area contributed by atoms with Crippen molar-refractivity contribution < 1.29 is 24.3 Å². The monoisotopic (exact) mass is 516 g/mol. The average molecular weight is 517 g/mol.